The van der Waals surface area contributed by atoms with E-state index >= 15 is 0 Å². The van der Waals surface area contributed by atoms with Gasteiger partial charge < -0.3 is 29.6 Å². The first-order valence-electron chi connectivity index (χ1n) is 5.06. The molecule has 0 unspecified atom stereocenters. The van der Waals surface area contributed by atoms with Crippen molar-refractivity contribution in [2.24, 2.45) is 11.8 Å². The van der Waals surface area contributed by atoms with E-state index in [0.717, 1.165) is 0 Å². The van der Waals surface area contributed by atoms with Crippen LogP contribution in [-0.2, 0) is 4.52 Å². The lowest BCUT2D eigenvalue weighted by atomic mass is 9.75. The monoisotopic (exact) mass is 254 g/mol. The highest BCUT2D eigenvalue weighted by Gasteiger charge is 2.47. The van der Waals surface area contributed by atoms with E-state index in [-0.39, 0.29) is 0 Å². The van der Waals surface area contributed by atoms with Gasteiger partial charge in [-0.05, 0) is 6.30 Å². The fourth-order valence-electron chi connectivity index (χ4n) is 1.98. The molecule has 1 fully saturated rings. The number of hydrogen-bond acceptors (Lipinski definition) is 6. The van der Waals surface area contributed by atoms with Crippen molar-refractivity contribution in [1.82, 2.24) is 0 Å². The maximum Gasteiger partial charge on any atom is 0.245 e. The van der Waals surface area contributed by atoms with Gasteiger partial charge in [-0.3, -0.25) is 0 Å². The van der Waals surface area contributed by atoms with Gasteiger partial charge in [0, 0.05) is 11.8 Å². The molecule has 0 heterocycles. The Bertz CT molecular complexity index is 274. The topological polar surface area (TPSA) is 110 Å². The summed E-state index contributed by atoms with van der Waals surface area (Å²) in [7, 11) is -3.73. The molecule has 0 spiro atoms. The maximum absolute atomic E-state index is 9.83. The SMILES string of the molecule is C=P(O)(O)O[C@H]1[C@H](C)[C@@H](O)[C@H](O)[C@@H](C)[C@H]1O. The summed E-state index contributed by atoms with van der Waals surface area (Å²) in [6, 6.07) is 0. The van der Waals surface area contributed by atoms with Gasteiger partial charge in [0.15, 0.2) is 0 Å². The van der Waals surface area contributed by atoms with E-state index < -0.39 is 43.8 Å². The van der Waals surface area contributed by atoms with Crippen molar-refractivity contribution in [3.8, 4) is 0 Å². The normalized spacial score (nSPS) is 45.7. The second kappa shape index (κ2) is 4.74. The van der Waals surface area contributed by atoms with E-state index in [9.17, 15) is 15.3 Å². The molecule has 1 rings (SSSR count). The van der Waals surface area contributed by atoms with Crippen molar-refractivity contribution in [3.63, 3.8) is 0 Å². The van der Waals surface area contributed by atoms with Crippen LogP contribution in [0, 0.1) is 11.8 Å². The third kappa shape index (κ3) is 2.84. The Kier molecular flexibility index (Phi) is 4.18. The van der Waals surface area contributed by atoms with Gasteiger partial charge in [-0.15, -0.1) is 0 Å². The lowest BCUT2D eigenvalue weighted by Gasteiger charge is -2.44. The van der Waals surface area contributed by atoms with Crippen LogP contribution in [0.4, 0.5) is 0 Å². The van der Waals surface area contributed by atoms with Crippen LogP contribution in [0.2, 0.25) is 0 Å². The summed E-state index contributed by atoms with van der Waals surface area (Å²) in [5, 5.41) is 29.1. The molecule has 0 bridgehead atoms. The molecule has 1 aliphatic rings. The molecular formula is C9H19O6P. The average molecular weight is 254 g/mol. The molecule has 0 saturated heterocycles. The molecule has 0 radical (unpaired) electrons. The molecule has 16 heavy (non-hydrogen) atoms. The Labute approximate surface area is 94.3 Å². The Morgan fingerprint density at radius 3 is 1.81 bits per heavy atom. The Balaban J connectivity index is 2.87. The summed E-state index contributed by atoms with van der Waals surface area (Å²) in [6.07, 6.45) is -1.11. The van der Waals surface area contributed by atoms with E-state index in [4.69, 9.17) is 14.3 Å². The second-order valence-electron chi connectivity index (χ2n) is 4.42. The van der Waals surface area contributed by atoms with Gasteiger partial charge in [0.25, 0.3) is 0 Å². The molecule has 7 heteroatoms. The van der Waals surface area contributed by atoms with E-state index in [1.54, 1.807) is 13.8 Å². The highest BCUT2D eigenvalue weighted by atomic mass is 31.2. The molecule has 0 aromatic rings. The zero-order valence-electron chi connectivity index (χ0n) is 9.26. The fourth-order valence-corrected chi connectivity index (χ4v) is 2.69. The standard InChI is InChI=1S/C9H19O6P/c1-4-6(10)7(11)5(2)9(8(4)12)15-16(3,13)14/h4-14H,3H2,1-2H3/t4-,5-,6-,7-,8-,9+/m1/s1. The van der Waals surface area contributed by atoms with Crippen LogP contribution >= 0.6 is 7.57 Å². The Hall–Kier alpha value is 0.0600. The minimum atomic E-state index is -3.73. The molecule has 1 saturated carbocycles. The van der Waals surface area contributed by atoms with Gasteiger partial charge in [-0.2, -0.15) is 0 Å². The minimum Gasteiger partial charge on any atom is -0.390 e. The first-order chi connectivity index (χ1) is 7.15. The van der Waals surface area contributed by atoms with Gasteiger partial charge in [-0.25, -0.2) is 0 Å². The van der Waals surface area contributed by atoms with Gasteiger partial charge in [0.2, 0.25) is 7.57 Å². The molecule has 6 atom stereocenters. The molecule has 6 nitrogen and oxygen atoms in total. The summed E-state index contributed by atoms with van der Waals surface area (Å²) in [5.74, 6) is -1.22. The van der Waals surface area contributed by atoms with Gasteiger partial charge in [0.05, 0.1) is 24.4 Å². The largest absolute Gasteiger partial charge is 0.390 e. The van der Waals surface area contributed by atoms with Crippen LogP contribution in [0.5, 0.6) is 0 Å². The predicted molar refractivity (Wildman–Crippen MR) is 59.7 cm³/mol. The summed E-state index contributed by atoms with van der Waals surface area (Å²) in [5.41, 5.74) is 0. The zero-order chi connectivity index (χ0) is 12.7. The summed E-state index contributed by atoms with van der Waals surface area (Å²) in [4.78, 5) is 18.2. The van der Waals surface area contributed by atoms with Gasteiger partial charge in [-0.1, -0.05) is 13.8 Å². The first-order valence-corrected chi connectivity index (χ1v) is 6.86. The minimum absolute atomic E-state index is 0.609. The van der Waals surface area contributed by atoms with Gasteiger partial charge >= 0.3 is 0 Å². The van der Waals surface area contributed by atoms with Crippen LogP contribution in [-0.4, -0.2) is 55.8 Å². The molecule has 5 N–H and O–H groups in total. The lowest BCUT2D eigenvalue weighted by molar-refractivity contribution is -0.164. The van der Waals surface area contributed by atoms with Crippen LogP contribution in [0.3, 0.4) is 0 Å². The van der Waals surface area contributed by atoms with Crippen LogP contribution < -0.4 is 0 Å². The number of aliphatic hydroxyl groups excluding tert-OH is 3. The fraction of sp³-hybridized carbons (Fsp3) is 0.889. The molecule has 96 valence electrons. The summed E-state index contributed by atoms with van der Waals surface area (Å²) >= 11 is 0. The molecular weight excluding hydrogens is 235 g/mol. The zero-order valence-corrected chi connectivity index (χ0v) is 10.2. The number of rotatable bonds is 2. The molecule has 0 aliphatic heterocycles. The highest BCUT2D eigenvalue weighted by Crippen LogP contribution is 2.43. The lowest BCUT2D eigenvalue weighted by Crippen LogP contribution is -2.56. The predicted octanol–water partition coefficient (Wildman–Crippen LogP) is -1.08. The van der Waals surface area contributed by atoms with Crippen LogP contribution in [0.1, 0.15) is 13.8 Å². The summed E-state index contributed by atoms with van der Waals surface area (Å²) < 4.78 is 4.88. The molecule has 1 aliphatic carbocycles. The van der Waals surface area contributed by atoms with Crippen molar-refractivity contribution in [3.05, 3.63) is 0 Å². The van der Waals surface area contributed by atoms with Crippen molar-refractivity contribution in [1.29, 1.82) is 0 Å². The number of aliphatic hydroxyl groups is 3. The maximum atomic E-state index is 9.83. The summed E-state index contributed by atoms with van der Waals surface area (Å²) in [6.45, 7) is 3.11. The van der Waals surface area contributed by atoms with Crippen LogP contribution in [0.25, 0.3) is 0 Å². The van der Waals surface area contributed by atoms with Crippen LogP contribution in [0.15, 0.2) is 0 Å². The first kappa shape index (κ1) is 14.1. The van der Waals surface area contributed by atoms with Crippen molar-refractivity contribution in [2.45, 2.75) is 38.3 Å². The van der Waals surface area contributed by atoms with Crippen molar-refractivity contribution in [2.75, 3.05) is 0 Å². The van der Waals surface area contributed by atoms with Crippen molar-refractivity contribution >= 4 is 13.9 Å². The average Bonchev–Trinajstić information content (AvgIpc) is 2.17. The van der Waals surface area contributed by atoms with Crippen molar-refractivity contribution < 1.29 is 29.6 Å². The highest BCUT2D eigenvalue weighted by molar-refractivity contribution is 7.57. The molecule has 0 amide bonds. The van der Waals surface area contributed by atoms with E-state index in [1.807, 2.05) is 0 Å². The third-order valence-electron chi connectivity index (χ3n) is 3.11. The van der Waals surface area contributed by atoms with E-state index in [1.165, 1.54) is 0 Å². The quantitative estimate of drug-likeness (QED) is 0.401. The van der Waals surface area contributed by atoms with E-state index in [0.29, 0.717) is 0 Å². The Morgan fingerprint density at radius 1 is 0.938 bits per heavy atom. The number of hydrogen-bond donors (Lipinski definition) is 5. The molecule has 0 aromatic carbocycles. The van der Waals surface area contributed by atoms with E-state index in [2.05, 4.69) is 6.30 Å². The smallest absolute Gasteiger partial charge is 0.245 e. The third-order valence-corrected chi connectivity index (χ3v) is 3.69. The molecule has 0 aromatic heterocycles. The second-order valence-corrected chi connectivity index (χ2v) is 5.96. The van der Waals surface area contributed by atoms with Gasteiger partial charge in [0.1, 0.15) is 0 Å². The Morgan fingerprint density at radius 2 is 1.38 bits per heavy atom.